The van der Waals surface area contributed by atoms with E-state index in [2.05, 4.69) is 9.75 Å². The van der Waals surface area contributed by atoms with Gasteiger partial charge in [0.1, 0.15) is 0 Å². The van der Waals surface area contributed by atoms with Crippen molar-refractivity contribution in [1.29, 1.82) is 0 Å². The van der Waals surface area contributed by atoms with E-state index in [-0.39, 0.29) is 0 Å². The summed E-state index contributed by atoms with van der Waals surface area (Å²) < 4.78 is 0. The van der Waals surface area contributed by atoms with Crippen molar-refractivity contribution >= 4 is 8.37 Å². The van der Waals surface area contributed by atoms with Crippen LogP contribution in [0.15, 0.2) is 4.91 Å². The minimum absolute atomic E-state index is 0.826. The van der Waals surface area contributed by atoms with Crippen molar-refractivity contribution in [2.75, 3.05) is 12.8 Å². The Balaban J connectivity index is 2.26. The van der Waals surface area contributed by atoms with Gasteiger partial charge in [0.2, 0.25) is 0 Å². The Morgan fingerprint density at radius 2 is 2.67 bits per heavy atom. The molecular formula is C3H6NOP. The maximum absolute atomic E-state index is 4.68. The third-order valence-corrected chi connectivity index (χ3v) is 1.36. The van der Waals surface area contributed by atoms with Crippen LogP contribution in [0.4, 0.5) is 0 Å². The molecule has 0 saturated heterocycles. The van der Waals surface area contributed by atoms with Crippen LogP contribution in [0.1, 0.15) is 6.42 Å². The highest BCUT2D eigenvalue weighted by atomic mass is 31.1. The molecule has 6 heavy (non-hydrogen) atoms. The van der Waals surface area contributed by atoms with Crippen molar-refractivity contribution < 1.29 is 4.84 Å². The zero-order chi connectivity index (χ0) is 4.24. The third-order valence-electron chi connectivity index (χ3n) is 0.609. The summed E-state index contributed by atoms with van der Waals surface area (Å²) in [6.45, 7) is 0.826. The average Bonchev–Trinajstić information content (AvgIpc) is 1.72. The molecule has 2 nitrogen and oxygen atoms in total. The van der Waals surface area contributed by atoms with Crippen LogP contribution in [-0.2, 0) is 4.84 Å². The largest absolute Gasteiger partial charge is 0.249 e. The molecule has 0 atom stereocenters. The summed E-state index contributed by atoms with van der Waals surface area (Å²) in [7, 11) is 1.10. The minimum Gasteiger partial charge on any atom is -0.249 e. The summed E-state index contributed by atoms with van der Waals surface area (Å²) in [4.78, 5) is 8.33. The molecule has 1 heterocycles. The second-order valence-corrected chi connectivity index (χ2v) is 2.03. The fourth-order valence-electron chi connectivity index (χ4n) is 0.322. The van der Waals surface area contributed by atoms with Gasteiger partial charge in [-0.1, -0.05) is 0 Å². The van der Waals surface area contributed by atoms with Gasteiger partial charge in [0.05, 0.1) is 6.61 Å². The first-order valence-electron chi connectivity index (χ1n) is 1.99. The standard InChI is InChI=1S/C3H6NOP/c1-2-5-4-6-3-1/h1-3H2. The Kier molecular flexibility index (Phi) is 1.60. The van der Waals surface area contributed by atoms with E-state index in [0.717, 1.165) is 15.0 Å². The molecule has 0 amide bonds. The zero-order valence-corrected chi connectivity index (χ0v) is 4.32. The zero-order valence-electron chi connectivity index (χ0n) is 3.42. The lowest BCUT2D eigenvalue weighted by Crippen LogP contribution is -1.90. The summed E-state index contributed by atoms with van der Waals surface area (Å²) in [5, 5.41) is 0. The van der Waals surface area contributed by atoms with E-state index in [4.69, 9.17) is 0 Å². The van der Waals surface area contributed by atoms with E-state index in [9.17, 15) is 0 Å². The van der Waals surface area contributed by atoms with Crippen LogP contribution in [0.25, 0.3) is 0 Å². The Morgan fingerprint density at radius 3 is 2.83 bits per heavy atom. The van der Waals surface area contributed by atoms with Crippen LogP contribution >= 0.6 is 8.37 Å². The molecular weight excluding hydrogens is 97.0 g/mol. The molecule has 0 radical (unpaired) electrons. The quantitative estimate of drug-likeness (QED) is 0.425. The summed E-state index contributed by atoms with van der Waals surface area (Å²) >= 11 is 0. The highest BCUT2D eigenvalue weighted by molar-refractivity contribution is 7.26. The fourth-order valence-corrected chi connectivity index (χ4v) is 0.838. The average molecular weight is 103 g/mol. The fraction of sp³-hybridized carbons (Fsp3) is 1.00. The SMILES string of the molecule is C1CON=PC1. The van der Waals surface area contributed by atoms with Gasteiger partial charge in [-0.3, -0.25) is 0 Å². The molecule has 3 heteroatoms. The molecule has 0 fully saturated rings. The third kappa shape index (κ3) is 1.04. The molecule has 0 bridgehead atoms. The molecule has 1 aliphatic heterocycles. The second kappa shape index (κ2) is 2.27. The van der Waals surface area contributed by atoms with Gasteiger partial charge in [-0.15, -0.1) is 4.91 Å². The van der Waals surface area contributed by atoms with Crippen LogP contribution in [0, 0.1) is 0 Å². The first-order valence-corrected chi connectivity index (χ1v) is 3.02. The highest BCUT2D eigenvalue weighted by Crippen LogP contribution is 2.07. The van der Waals surface area contributed by atoms with Gasteiger partial charge < -0.3 is 0 Å². The van der Waals surface area contributed by atoms with Gasteiger partial charge in [-0.25, -0.2) is 4.84 Å². The Morgan fingerprint density at radius 1 is 1.67 bits per heavy atom. The molecule has 0 unspecified atom stereocenters. The summed E-state index contributed by atoms with van der Waals surface area (Å²) in [5.74, 6) is 0. The van der Waals surface area contributed by atoms with Gasteiger partial charge in [-0.2, -0.15) is 0 Å². The Bertz CT molecular complexity index is 55.8. The van der Waals surface area contributed by atoms with E-state index in [1.165, 1.54) is 12.6 Å². The number of hydrogen-bond donors (Lipinski definition) is 0. The molecule has 0 saturated carbocycles. The number of nitrogens with zero attached hydrogens (tertiary/aromatic N) is 1. The van der Waals surface area contributed by atoms with Crippen LogP contribution in [0.5, 0.6) is 0 Å². The molecule has 0 aromatic heterocycles. The van der Waals surface area contributed by atoms with Gasteiger partial charge in [-0.05, 0) is 6.42 Å². The summed E-state index contributed by atoms with van der Waals surface area (Å²) in [6, 6.07) is 0. The predicted octanol–water partition coefficient (Wildman–Crippen LogP) is 1.45. The van der Waals surface area contributed by atoms with Crippen molar-refractivity contribution in [3.63, 3.8) is 0 Å². The van der Waals surface area contributed by atoms with Gasteiger partial charge in [0.25, 0.3) is 0 Å². The molecule has 0 aromatic rings. The monoisotopic (exact) mass is 103 g/mol. The number of rotatable bonds is 0. The maximum atomic E-state index is 4.68. The lowest BCUT2D eigenvalue weighted by Gasteiger charge is -1.96. The van der Waals surface area contributed by atoms with Gasteiger partial charge in [0.15, 0.2) is 0 Å². The molecule has 1 rings (SSSR count). The van der Waals surface area contributed by atoms with Crippen LogP contribution in [0.3, 0.4) is 0 Å². The number of hydrogen-bond acceptors (Lipinski definition) is 2. The molecule has 0 aromatic carbocycles. The lowest BCUT2D eigenvalue weighted by molar-refractivity contribution is 0.145. The van der Waals surface area contributed by atoms with Crippen molar-refractivity contribution in [2.45, 2.75) is 6.42 Å². The highest BCUT2D eigenvalue weighted by Gasteiger charge is 1.89. The van der Waals surface area contributed by atoms with E-state index in [0.29, 0.717) is 0 Å². The maximum Gasteiger partial charge on any atom is 0.0781 e. The normalized spacial score (nSPS) is 24.0. The predicted molar refractivity (Wildman–Crippen MR) is 24.8 cm³/mol. The van der Waals surface area contributed by atoms with Crippen LogP contribution in [0.2, 0.25) is 0 Å². The smallest absolute Gasteiger partial charge is 0.0781 e. The van der Waals surface area contributed by atoms with E-state index in [1.807, 2.05) is 0 Å². The molecule has 1 aliphatic rings. The van der Waals surface area contributed by atoms with E-state index < -0.39 is 0 Å². The molecule has 34 valence electrons. The summed E-state index contributed by atoms with van der Waals surface area (Å²) in [6.07, 6.45) is 2.35. The lowest BCUT2D eigenvalue weighted by atomic mass is 10.5. The van der Waals surface area contributed by atoms with Crippen molar-refractivity contribution in [3.05, 3.63) is 0 Å². The molecule has 0 N–H and O–H groups in total. The van der Waals surface area contributed by atoms with E-state index >= 15 is 0 Å². The summed E-state index contributed by atoms with van der Waals surface area (Å²) in [5.41, 5.74) is 0. The van der Waals surface area contributed by atoms with Crippen molar-refractivity contribution in [3.8, 4) is 0 Å². The van der Waals surface area contributed by atoms with Crippen LogP contribution < -0.4 is 0 Å². The molecule has 0 aliphatic carbocycles. The van der Waals surface area contributed by atoms with Crippen LogP contribution in [-0.4, -0.2) is 12.8 Å². The van der Waals surface area contributed by atoms with Crippen molar-refractivity contribution in [2.24, 2.45) is 4.91 Å². The van der Waals surface area contributed by atoms with E-state index in [1.54, 1.807) is 0 Å². The first-order chi connectivity index (χ1) is 3.00. The minimum atomic E-state index is 0.826. The van der Waals surface area contributed by atoms with Gasteiger partial charge in [0, 0.05) is 14.5 Å². The van der Waals surface area contributed by atoms with Gasteiger partial charge >= 0.3 is 0 Å². The molecule has 0 spiro atoms. The topological polar surface area (TPSA) is 21.6 Å². The Hall–Kier alpha value is 0.0600. The Labute approximate surface area is 38.4 Å². The van der Waals surface area contributed by atoms with Crippen molar-refractivity contribution in [1.82, 2.24) is 0 Å². The second-order valence-electron chi connectivity index (χ2n) is 1.13. The first kappa shape index (κ1) is 4.23.